The van der Waals surface area contributed by atoms with Crippen LogP contribution in [0.4, 0.5) is 0 Å². The van der Waals surface area contributed by atoms with Crippen LogP contribution in [0.2, 0.25) is 0 Å². The molecule has 94 valence electrons. The highest BCUT2D eigenvalue weighted by Crippen LogP contribution is 2.25. The molecule has 0 bridgehead atoms. The zero-order chi connectivity index (χ0) is 11.9. The predicted octanol–water partition coefficient (Wildman–Crippen LogP) is 3.10. The first-order valence-electron chi connectivity index (χ1n) is 6.85. The average molecular weight is 233 g/mol. The highest BCUT2D eigenvalue weighted by atomic mass is 14.9. The Hall–Kier alpha value is -0.960. The molecule has 1 aromatic rings. The van der Waals surface area contributed by atoms with Crippen molar-refractivity contribution in [2.24, 2.45) is 5.92 Å². The van der Waals surface area contributed by atoms with Crippen LogP contribution in [0.25, 0.3) is 0 Å². The third-order valence-electron chi connectivity index (χ3n) is 3.75. The largest absolute Gasteiger partial charge is 0.309 e. The van der Waals surface area contributed by atoms with Crippen LogP contribution in [0.15, 0.2) is 18.6 Å². The van der Waals surface area contributed by atoms with E-state index >= 15 is 0 Å². The van der Waals surface area contributed by atoms with Gasteiger partial charge in [-0.05, 0) is 25.8 Å². The van der Waals surface area contributed by atoms with Gasteiger partial charge < -0.3 is 5.32 Å². The van der Waals surface area contributed by atoms with Crippen LogP contribution in [0.1, 0.15) is 57.2 Å². The van der Waals surface area contributed by atoms with Crippen LogP contribution in [0.3, 0.4) is 0 Å². The number of hydrogen-bond acceptors (Lipinski definition) is 3. The normalized spacial score (nSPS) is 19.1. The summed E-state index contributed by atoms with van der Waals surface area (Å²) >= 11 is 0. The fraction of sp³-hybridized carbons (Fsp3) is 0.714. The Labute approximate surface area is 104 Å². The molecule has 3 heteroatoms. The number of hydrogen-bond donors (Lipinski definition) is 1. The molecule has 1 heterocycles. The van der Waals surface area contributed by atoms with Gasteiger partial charge in [0.1, 0.15) is 0 Å². The molecule has 0 aliphatic heterocycles. The van der Waals surface area contributed by atoms with Crippen molar-refractivity contribution in [2.75, 3.05) is 6.54 Å². The second-order valence-electron chi connectivity index (χ2n) is 5.10. The molecular weight excluding hydrogens is 210 g/mol. The van der Waals surface area contributed by atoms with Gasteiger partial charge in [0.05, 0.1) is 5.69 Å². The number of rotatable bonds is 5. The molecule has 0 amide bonds. The lowest BCUT2D eigenvalue weighted by Crippen LogP contribution is -2.23. The smallest absolute Gasteiger partial charge is 0.0753 e. The zero-order valence-corrected chi connectivity index (χ0v) is 10.7. The number of nitrogens with one attached hydrogen (secondary N) is 1. The summed E-state index contributed by atoms with van der Waals surface area (Å²) in [6, 6.07) is 0.312. The molecule has 1 aliphatic carbocycles. The van der Waals surface area contributed by atoms with E-state index in [1.807, 2.05) is 6.20 Å². The van der Waals surface area contributed by atoms with Crippen molar-refractivity contribution in [3.8, 4) is 0 Å². The Morgan fingerprint density at radius 1 is 1.29 bits per heavy atom. The maximum absolute atomic E-state index is 4.32. The molecule has 1 atom stereocenters. The fourth-order valence-electron chi connectivity index (χ4n) is 2.62. The Morgan fingerprint density at radius 3 is 2.82 bits per heavy atom. The Bertz CT molecular complexity index is 307. The van der Waals surface area contributed by atoms with E-state index in [9.17, 15) is 0 Å². The Kier molecular flexibility index (Phi) is 4.92. The van der Waals surface area contributed by atoms with E-state index in [-0.39, 0.29) is 0 Å². The Morgan fingerprint density at radius 2 is 2.12 bits per heavy atom. The van der Waals surface area contributed by atoms with E-state index in [4.69, 9.17) is 0 Å². The van der Waals surface area contributed by atoms with Crippen molar-refractivity contribution in [3.63, 3.8) is 0 Å². The molecule has 0 saturated heterocycles. The highest BCUT2D eigenvalue weighted by molar-refractivity contribution is 5.00. The second kappa shape index (κ2) is 6.70. The summed E-state index contributed by atoms with van der Waals surface area (Å²) in [7, 11) is 0. The van der Waals surface area contributed by atoms with E-state index in [0.29, 0.717) is 6.04 Å². The Balaban J connectivity index is 1.67. The summed E-state index contributed by atoms with van der Waals surface area (Å²) in [5, 5.41) is 3.54. The fourth-order valence-corrected chi connectivity index (χ4v) is 2.62. The van der Waals surface area contributed by atoms with Gasteiger partial charge >= 0.3 is 0 Å². The van der Waals surface area contributed by atoms with E-state index in [1.165, 1.54) is 38.5 Å². The summed E-state index contributed by atoms with van der Waals surface area (Å²) in [5.74, 6) is 0.949. The highest BCUT2D eigenvalue weighted by Gasteiger charge is 2.13. The van der Waals surface area contributed by atoms with E-state index in [0.717, 1.165) is 18.2 Å². The van der Waals surface area contributed by atoms with Gasteiger partial charge in [-0.1, -0.05) is 32.1 Å². The van der Waals surface area contributed by atoms with Gasteiger partial charge in [0.15, 0.2) is 0 Å². The molecule has 1 aliphatic rings. The van der Waals surface area contributed by atoms with Crippen LogP contribution in [0, 0.1) is 5.92 Å². The van der Waals surface area contributed by atoms with Crippen molar-refractivity contribution in [2.45, 2.75) is 51.5 Å². The molecule has 1 aromatic heterocycles. The first-order valence-corrected chi connectivity index (χ1v) is 6.85. The van der Waals surface area contributed by atoms with Crippen LogP contribution >= 0.6 is 0 Å². The summed E-state index contributed by atoms with van der Waals surface area (Å²) in [6.07, 6.45) is 13.8. The monoisotopic (exact) mass is 233 g/mol. The van der Waals surface area contributed by atoms with Crippen LogP contribution in [-0.4, -0.2) is 16.5 Å². The minimum atomic E-state index is 0.312. The standard InChI is InChI=1S/C14H23N3/c1-12(14-11-15-9-10-17-14)16-8-7-13-5-3-2-4-6-13/h9-13,16H,2-8H2,1H3. The summed E-state index contributed by atoms with van der Waals surface area (Å²) in [6.45, 7) is 3.26. The van der Waals surface area contributed by atoms with E-state index < -0.39 is 0 Å². The molecule has 1 unspecified atom stereocenters. The zero-order valence-electron chi connectivity index (χ0n) is 10.7. The SMILES string of the molecule is CC(NCCC1CCCCC1)c1cnccn1. The minimum absolute atomic E-state index is 0.312. The first kappa shape index (κ1) is 12.5. The summed E-state index contributed by atoms with van der Waals surface area (Å²) in [4.78, 5) is 8.42. The maximum Gasteiger partial charge on any atom is 0.0753 e. The van der Waals surface area contributed by atoms with Crippen LogP contribution < -0.4 is 5.32 Å². The van der Waals surface area contributed by atoms with Gasteiger partial charge in [0.25, 0.3) is 0 Å². The lowest BCUT2D eigenvalue weighted by atomic mass is 9.87. The molecule has 1 N–H and O–H groups in total. The molecule has 0 radical (unpaired) electrons. The summed E-state index contributed by atoms with van der Waals surface area (Å²) in [5.41, 5.74) is 1.04. The summed E-state index contributed by atoms with van der Waals surface area (Å²) < 4.78 is 0. The van der Waals surface area contributed by atoms with Gasteiger partial charge in [0, 0.05) is 24.6 Å². The van der Waals surface area contributed by atoms with Crippen molar-refractivity contribution < 1.29 is 0 Å². The predicted molar refractivity (Wildman–Crippen MR) is 69.6 cm³/mol. The quantitative estimate of drug-likeness (QED) is 0.849. The number of nitrogens with zero attached hydrogens (tertiary/aromatic N) is 2. The van der Waals surface area contributed by atoms with Crippen LogP contribution in [-0.2, 0) is 0 Å². The van der Waals surface area contributed by atoms with Crippen molar-refractivity contribution in [3.05, 3.63) is 24.3 Å². The van der Waals surface area contributed by atoms with Crippen molar-refractivity contribution in [1.29, 1.82) is 0 Å². The topological polar surface area (TPSA) is 37.8 Å². The molecule has 17 heavy (non-hydrogen) atoms. The maximum atomic E-state index is 4.32. The minimum Gasteiger partial charge on any atom is -0.309 e. The molecule has 1 fully saturated rings. The van der Waals surface area contributed by atoms with Gasteiger partial charge in [-0.25, -0.2) is 0 Å². The molecule has 3 nitrogen and oxygen atoms in total. The lowest BCUT2D eigenvalue weighted by Gasteiger charge is -2.22. The van der Waals surface area contributed by atoms with Crippen molar-refractivity contribution >= 4 is 0 Å². The molecule has 1 saturated carbocycles. The van der Waals surface area contributed by atoms with Crippen LogP contribution in [0.5, 0.6) is 0 Å². The van der Waals surface area contributed by atoms with Gasteiger partial charge in [0.2, 0.25) is 0 Å². The first-order chi connectivity index (χ1) is 8.36. The van der Waals surface area contributed by atoms with Gasteiger partial charge in [-0.15, -0.1) is 0 Å². The lowest BCUT2D eigenvalue weighted by molar-refractivity contribution is 0.329. The molecule has 0 aromatic carbocycles. The molecule has 2 rings (SSSR count). The average Bonchev–Trinajstić information content (AvgIpc) is 2.41. The van der Waals surface area contributed by atoms with Gasteiger partial charge in [-0.2, -0.15) is 0 Å². The second-order valence-corrected chi connectivity index (χ2v) is 5.10. The molecular formula is C14H23N3. The third kappa shape index (κ3) is 4.08. The van der Waals surface area contributed by atoms with Gasteiger partial charge in [-0.3, -0.25) is 9.97 Å². The molecule has 0 spiro atoms. The van der Waals surface area contributed by atoms with E-state index in [2.05, 4.69) is 22.2 Å². The third-order valence-corrected chi connectivity index (χ3v) is 3.75. The number of aromatic nitrogens is 2. The van der Waals surface area contributed by atoms with Crippen molar-refractivity contribution in [1.82, 2.24) is 15.3 Å². The van der Waals surface area contributed by atoms with E-state index in [1.54, 1.807) is 12.4 Å².